The Morgan fingerprint density at radius 3 is 0.841 bits per heavy atom. The van der Waals surface area contributed by atoms with Crippen molar-refractivity contribution in [3.8, 4) is 46.0 Å². The summed E-state index contributed by atoms with van der Waals surface area (Å²) in [5.74, 6) is 6.20. The molecule has 0 spiro atoms. The van der Waals surface area contributed by atoms with Gasteiger partial charge < -0.3 is 64.3 Å². The van der Waals surface area contributed by atoms with Gasteiger partial charge in [0.15, 0.2) is 72.3 Å². The number of carbonyl (C=O) groups excluding carboxylic acids is 5. The molecular formula is C106H130N8O14S4. The number of rotatable bonds is 24. The van der Waals surface area contributed by atoms with E-state index in [4.69, 9.17) is 37.9 Å². The first kappa shape index (κ1) is 104. The minimum atomic E-state index is -0.649. The standard InChI is InChI=1S/2C23H22N2O3S.C22H20N2O4S.C22H18N2O4S.8C2H6/c2*1-15(11-16-5-3-2-4-6-16)20-13-24-22(29-20)25-21(26)23(9-10-23)17-7-8-18-19(12-17)28-14-27-18;2*25-16(10-14-4-2-1-3-5-14)19-12-23-21(29-19)24-20(26)22(8-9-22)15-6-7-17-18(11-15)28-13-27-17;8*1-2/h2*2-8,12-13,15H,9-11,14H2,1H3,(H,24,25,26);1-7,11-12,16,25H,8-10,13H2,(H,23,24,26);1-7,11-12H,8-10,13H2,(H,23,24,26);8*1-2H3. The lowest BCUT2D eigenvalue weighted by molar-refractivity contribution is -0.119. The summed E-state index contributed by atoms with van der Waals surface area (Å²) in [6, 6.07) is 63.1. The predicted molar refractivity (Wildman–Crippen MR) is 534 cm³/mol. The van der Waals surface area contributed by atoms with Crippen molar-refractivity contribution in [3.05, 3.63) is 283 Å². The van der Waals surface area contributed by atoms with Crippen LogP contribution in [0.15, 0.2) is 219 Å². The molecule has 4 aliphatic carbocycles. The van der Waals surface area contributed by atoms with Crippen LogP contribution in [0.4, 0.5) is 20.5 Å². The maximum Gasteiger partial charge on any atom is 0.236 e. The summed E-state index contributed by atoms with van der Waals surface area (Å²) >= 11 is 5.64. The highest BCUT2D eigenvalue weighted by atomic mass is 32.1. The monoisotopic (exact) mass is 1870 g/mol. The molecular weight excluding hydrogens is 1740 g/mol. The SMILES string of the molecule is CC.CC.CC.CC.CC.CC.CC.CC.CC(Cc1ccccc1)c1cnc(NC(=O)C2(c3ccc4c(c3)OCO4)CC2)s1.CC(Cc1ccccc1)c1cnc(NC(=O)C2(c3ccc4c(c3)OCO4)CC2)s1.O=C(Cc1ccccc1)c1cnc(NC(=O)C2(c3ccc4c(c3)OCO4)CC2)s1.O=C(Nc1ncc(C(O)Cc2ccccc2)s1)C1(c2ccc3c(c2)OCO3)CC1. The molecule has 12 aromatic rings. The normalized spacial score (nSPS) is 15.0. The van der Waals surface area contributed by atoms with Crippen molar-refractivity contribution in [2.45, 2.75) is 241 Å². The number of thiazole rings is 4. The molecule has 22 nitrogen and oxygen atoms in total. The number of anilines is 4. The van der Waals surface area contributed by atoms with Crippen molar-refractivity contribution in [2.75, 3.05) is 48.4 Å². The van der Waals surface area contributed by atoms with E-state index in [2.05, 4.69) is 104 Å². The van der Waals surface area contributed by atoms with E-state index < -0.39 is 27.8 Å². The number of aromatic nitrogens is 4. The van der Waals surface area contributed by atoms with Gasteiger partial charge in [0.25, 0.3) is 0 Å². The molecule has 702 valence electrons. The second kappa shape index (κ2) is 51.3. The highest BCUT2D eigenvalue weighted by molar-refractivity contribution is 7.17. The Morgan fingerprint density at radius 2 is 0.553 bits per heavy atom. The van der Waals surface area contributed by atoms with Gasteiger partial charge in [-0.05, 0) is 169 Å². The van der Waals surface area contributed by atoms with E-state index in [1.807, 2.05) is 269 Å². The molecule has 0 radical (unpaired) electrons. The van der Waals surface area contributed by atoms with Gasteiger partial charge in [-0.25, -0.2) is 19.9 Å². The smallest absolute Gasteiger partial charge is 0.236 e. The number of nitrogens with one attached hydrogen (secondary N) is 4. The minimum Gasteiger partial charge on any atom is -0.454 e. The maximum atomic E-state index is 13.1. The number of ketones is 1. The molecule has 26 heteroatoms. The summed E-state index contributed by atoms with van der Waals surface area (Å²) in [6.07, 6.45) is 15.5. The molecule has 3 unspecified atom stereocenters. The summed E-state index contributed by atoms with van der Waals surface area (Å²) in [7, 11) is 0. The summed E-state index contributed by atoms with van der Waals surface area (Å²) in [6.45, 7) is 37.3. The third-order valence-electron chi connectivity index (χ3n) is 22.2. The number of fused-ring (bicyclic) bond motifs is 4. The van der Waals surface area contributed by atoms with Crippen LogP contribution in [0.1, 0.15) is 263 Å². The van der Waals surface area contributed by atoms with Crippen molar-refractivity contribution in [1.82, 2.24) is 19.9 Å². The number of nitrogens with zero attached hydrogens (tertiary/aromatic N) is 4. The Kier molecular flexibility index (Phi) is 40.4. The molecule has 4 saturated carbocycles. The molecule has 0 saturated heterocycles. The van der Waals surface area contributed by atoms with E-state index in [0.717, 1.165) is 114 Å². The van der Waals surface area contributed by atoms with Gasteiger partial charge in [0.05, 0.1) is 43.7 Å². The van der Waals surface area contributed by atoms with Gasteiger partial charge in [0.1, 0.15) is 0 Å². The van der Waals surface area contributed by atoms with Crippen LogP contribution in [-0.4, -0.2) is 81.6 Å². The second-order valence-corrected chi connectivity index (χ2v) is 34.3. The van der Waals surface area contributed by atoms with Gasteiger partial charge in [0.2, 0.25) is 50.8 Å². The molecule has 8 heterocycles. The van der Waals surface area contributed by atoms with E-state index in [9.17, 15) is 29.1 Å². The first-order valence-corrected chi connectivity index (χ1v) is 49.9. The number of carbonyl (C=O) groups is 5. The summed E-state index contributed by atoms with van der Waals surface area (Å²) < 4.78 is 43.3. The summed E-state index contributed by atoms with van der Waals surface area (Å²) in [4.78, 5) is 85.6. The van der Waals surface area contributed by atoms with Crippen molar-refractivity contribution < 1.29 is 67.0 Å². The number of amides is 4. The molecule has 4 amide bonds. The molecule has 8 aliphatic rings. The van der Waals surface area contributed by atoms with Gasteiger partial charge >= 0.3 is 0 Å². The fourth-order valence-corrected chi connectivity index (χ4v) is 18.0. The first-order chi connectivity index (χ1) is 64.6. The van der Waals surface area contributed by atoms with Gasteiger partial charge in [-0.3, -0.25) is 24.0 Å². The van der Waals surface area contributed by atoms with Crippen LogP contribution >= 0.6 is 45.3 Å². The Bertz CT molecular complexity index is 5190. The molecule has 4 aromatic heterocycles. The van der Waals surface area contributed by atoms with Crippen molar-refractivity contribution in [2.24, 2.45) is 0 Å². The predicted octanol–water partition coefficient (Wildman–Crippen LogP) is 25.8. The largest absolute Gasteiger partial charge is 0.454 e. The van der Waals surface area contributed by atoms with E-state index in [-0.39, 0.29) is 56.6 Å². The van der Waals surface area contributed by atoms with Crippen LogP contribution in [0.2, 0.25) is 0 Å². The Morgan fingerprint density at radius 1 is 0.311 bits per heavy atom. The third-order valence-corrected chi connectivity index (χ3v) is 26.5. The lowest BCUT2D eigenvalue weighted by Gasteiger charge is -2.15. The van der Waals surface area contributed by atoms with Crippen LogP contribution in [-0.2, 0) is 66.5 Å². The number of ether oxygens (including phenoxy) is 8. The van der Waals surface area contributed by atoms with Gasteiger partial charge in [-0.15, -0.1) is 22.7 Å². The molecule has 132 heavy (non-hydrogen) atoms. The van der Waals surface area contributed by atoms with Crippen LogP contribution in [0, 0.1) is 0 Å². The van der Waals surface area contributed by atoms with Crippen molar-refractivity contribution in [1.29, 1.82) is 0 Å². The molecule has 3 atom stereocenters. The number of hydrogen-bond donors (Lipinski definition) is 5. The summed E-state index contributed by atoms with van der Waals surface area (Å²) in [5.41, 5.74) is 6.34. The molecule has 5 N–H and O–H groups in total. The van der Waals surface area contributed by atoms with Gasteiger partial charge in [0, 0.05) is 41.2 Å². The van der Waals surface area contributed by atoms with Crippen LogP contribution in [0.25, 0.3) is 0 Å². The van der Waals surface area contributed by atoms with Crippen molar-refractivity contribution >= 4 is 95.3 Å². The van der Waals surface area contributed by atoms with Gasteiger partial charge in [-0.2, -0.15) is 0 Å². The molecule has 20 rings (SSSR count). The van der Waals surface area contributed by atoms with E-state index in [0.29, 0.717) is 84.6 Å². The van der Waals surface area contributed by atoms with E-state index in [1.165, 1.54) is 49.8 Å². The Balaban J connectivity index is 0.000000188. The highest BCUT2D eigenvalue weighted by Crippen LogP contribution is 2.55. The van der Waals surface area contributed by atoms with Crippen LogP contribution in [0.3, 0.4) is 0 Å². The number of aliphatic hydroxyl groups is 1. The fourth-order valence-electron chi connectivity index (χ4n) is 14.8. The second-order valence-electron chi connectivity index (χ2n) is 30.1. The lowest BCUT2D eigenvalue weighted by atomic mass is 9.94. The highest BCUT2D eigenvalue weighted by Gasteiger charge is 2.55. The first-order valence-electron chi connectivity index (χ1n) is 46.6. The Labute approximate surface area is 795 Å². The maximum absolute atomic E-state index is 13.1. The van der Waals surface area contributed by atoms with E-state index >= 15 is 0 Å². The average molecular weight is 1870 g/mol. The number of hydrogen-bond acceptors (Lipinski definition) is 22. The zero-order valence-corrected chi connectivity index (χ0v) is 82.8. The average Bonchev–Trinajstić information content (AvgIpc) is 1.61. The van der Waals surface area contributed by atoms with Gasteiger partial charge in [-0.1, -0.05) is 293 Å². The molecule has 8 aromatic carbocycles. The van der Waals surface area contributed by atoms with Crippen molar-refractivity contribution in [3.63, 3.8) is 0 Å². The number of aliphatic hydroxyl groups excluding tert-OH is 1. The Hall–Kier alpha value is -11.8. The topological polar surface area (TPSA) is 279 Å². The van der Waals surface area contributed by atoms with Crippen LogP contribution in [0.5, 0.6) is 46.0 Å². The fraction of sp³-hybridized carbons (Fsp3) is 0.387. The molecule has 0 bridgehead atoms. The lowest BCUT2D eigenvalue weighted by Crippen LogP contribution is -2.27. The summed E-state index contributed by atoms with van der Waals surface area (Å²) in [5, 5.41) is 24.7. The number of Topliss-reactive ketones (excluding diaryl/α,β-unsaturated/α-hetero) is 1. The van der Waals surface area contributed by atoms with E-state index in [1.54, 1.807) is 28.9 Å². The zero-order valence-electron chi connectivity index (χ0n) is 79.5. The molecule has 4 fully saturated rings. The third kappa shape index (κ3) is 26.4. The molecule has 4 aliphatic heterocycles. The zero-order chi connectivity index (χ0) is 95.4. The number of benzene rings is 8. The minimum absolute atomic E-state index is 0.00739. The quantitative estimate of drug-likeness (QED) is 0.0352. The van der Waals surface area contributed by atoms with Crippen LogP contribution < -0.4 is 59.2 Å².